The predicted molar refractivity (Wildman–Crippen MR) is 192 cm³/mol. The van der Waals surface area contributed by atoms with Crippen LogP contribution in [0.1, 0.15) is 78.6 Å². The van der Waals surface area contributed by atoms with Crippen LogP contribution in [0.15, 0.2) is 0 Å². The molecule has 12 N–H and O–H groups in total. The second-order valence-electron chi connectivity index (χ2n) is 14.0. The molecule has 0 spiro atoms. The molecule has 302 valence electrons. The Kier molecular flexibility index (Phi) is 22.9. The van der Waals surface area contributed by atoms with E-state index in [1.807, 2.05) is 7.05 Å². The van der Waals surface area contributed by atoms with E-state index in [1.54, 1.807) is 13.8 Å². The molecule has 0 aliphatic heterocycles. The number of ether oxygens (including phenoxy) is 2. The molecule has 18 nitrogen and oxygen atoms in total. The van der Waals surface area contributed by atoms with E-state index in [2.05, 4.69) is 31.9 Å². The van der Waals surface area contributed by atoms with Crippen molar-refractivity contribution in [3.8, 4) is 0 Å². The van der Waals surface area contributed by atoms with Crippen LogP contribution in [0, 0.1) is 11.8 Å². The maximum Gasteiger partial charge on any atom is 0.326 e. The van der Waals surface area contributed by atoms with Gasteiger partial charge in [0.25, 0.3) is 0 Å². The second kappa shape index (κ2) is 25.3. The highest BCUT2D eigenvalue weighted by atomic mass is 16.5. The van der Waals surface area contributed by atoms with Crippen molar-refractivity contribution >= 4 is 29.5 Å². The molecule has 0 radical (unpaired) electrons. The number of aliphatic hydroxyl groups excluding tert-OH is 1. The monoisotopic (exact) mass is 747 g/mol. The van der Waals surface area contributed by atoms with Crippen molar-refractivity contribution in [3.05, 3.63) is 0 Å². The Morgan fingerprint density at radius 3 is 2.08 bits per heavy atom. The van der Waals surface area contributed by atoms with Gasteiger partial charge < -0.3 is 62.2 Å². The van der Waals surface area contributed by atoms with Crippen molar-refractivity contribution in [2.75, 3.05) is 66.2 Å². The molecular formula is C34H65N7O11. The van der Waals surface area contributed by atoms with E-state index in [4.69, 9.17) is 15.2 Å². The number of amides is 3. The summed E-state index contributed by atoms with van der Waals surface area (Å²) < 4.78 is 11.1. The molecule has 1 saturated carbocycles. The lowest BCUT2D eigenvalue weighted by Crippen LogP contribution is -2.56. The largest absolute Gasteiger partial charge is 0.480 e. The third-order valence-corrected chi connectivity index (χ3v) is 8.98. The number of nitrogens with one attached hydrogen (secondary N) is 6. The Morgan fingerprint density at radius 2 is 1.48 bits per heavy atom. The first-order valence-electron chi connectivity index (χ1n) is 18.2. The molecule has 1 fully saturated rings. The number of carbonyl (C=O) groups excluding carboxylic acids is 4. The average molecular weight is 748 g/mol. The highest BCUT2D eigenvalue weighted by Gasteiger charge is 2.35. The van der Waals surface area contributed by atoms with E-state index in [0.29, 0.717) is 31.8 Å². The van der Waals surface area contributed by atoms with Crippen LogP contribution in [0.4, 0.5) is 0 Å². The number of hydrogen-bond acceptors (Lipinski definition) is 14. The molecule has 18 heteroatoms. The molecule has 0 aromatic rings. The van der Waals surface area contributed by atoms with Gasteiger partial charge in [-0.15, -0.1) is 0 Å². The van der Waals surface area contributed by atoms with Gasteiger partial charge >= 0.3 is 5.97 Å². The van der Waals surface area contributed by atoms with Crippen molar-refractivity contribution in [1.29, 1.82) is 0 Å². The summed E-state index contributed by atoms with van der Waals surface area (Å²) in [6.07, 6.45) is 0.896. The Hall–Kier alpha value is -2.81. The molecule has 0 bridgehead atoms. The first-order valence-corrected chi connectivity index (χ1v) is 18.2. The standard InChI is InChI=1S/C34H65N7O11/c1-33(2,38-16-18-52-20-19-51-17-13-34(3,50)39-22-28(43)37-15-14-35)30(46)25(10-12-29(44)45)40-27(42)11-9-26(32(48)49)41-31(47)24-7-5-23(6-8-24)21-36-4/h23-26,29,36,38-39,44-45,50H,5-22,35H2,1-4H3,(H,37,43)(H,40,42)(H,41,47)(H,48,49). The minimum absolute atomic E-state index is 0.0642. The Labute approximate surface area is 307 Å². The smallest absolute Gasteiger partial charge is 0.326 e. The molecule has 1 rings (SSSR count). The molecule has 52 heavy (non-hydrogen) atoms. The molecule has 0 saturated heterocycles. The molecule has 3 unspecified atom stereocenters. The summed E-state index contributed by atoms with van der Waals surface area (Å²) in [5.74, 6) is -2.71. The number of nitrogens with two attached hydrogens (primary N) is 1. The third-order valence-electron chi connectivity index (χ3n) is 8.98. The number of Topliss-reactive ketones (excluding diaryl/α,β-unsaturated/α-hetero) is 1. The van der Waals surface area contributed by atoms with Crippen molar-refractivity contribution in [2.45, 2.75) is 108 Å². The second-order valence-corrected chi connectivity index (χ2v) is 14.0. The fraction of sp³-hybridized carbons (Fsp3) is 0.853. The summed E-state index contributed by atoms with van der Waals surface area (Å²) in [6, 6.07) is -2.37. The zero-order chi connectivity index (χ0) is 39.2. The van der Waals surface area contributed by atoms with Gasteiger partial charge in [0.2, 0.25) is 17.7 Å². The quantitative estimate of drug-likeness (QED) is 0.0283. The number of ketones is 1. The minimum atomic E-state index is -1.70. The molecule has 3 amide bonds. The summed E-state index contributed by atoms with van der Waals surface area (Å²) >= 11 is 0. The van der Waals surface area contributed by atoms with E-state index >= 15 is 0 Å². The van der Waals surface area contributed by atoms with E-state index < -0.39 is 47.3 Å². The Bertz CT molecular complexity index is 1090. The van der Waals surface area contributed by atoms with Crippen LogP contribution in [0.5, 0.6) is 0 Å². The first kappa shape index (κ1) is 47.2. The fourth-order valence-corrected chi connectivity index (χ4v) is 5.78. The molecule has 0 aromatic heterocycles. The summed E-state index contributed by atoms with van der Waals surface area (Å²) in [7, 11) is 1.88. The number of aliphatic carboxylic acids is 1. The van der Waals surface area contributed by atoms with Gasteiger partial charge in [0.15, 0.2) is 12.1 Å². The molecule has 1 aliphatic rings. The highest BCUT2D eigenvalue weighted by molar-refractivity contribution is 5.95. The number of carbonyl (C=O) groups is 5. The number of aliphatic hydroxyl groups is 3. The van der Waals surface area contributed by atoms with Crippen molar-refractivity contribution < 1.29 is 53.9 Å². The van der Waals surface area contributed by atoms with Crippen LogP contribution in [0.3, 0.4) is 0 Å². The van der Waals surface area contributed by atoms with Crippen LogP contribution in [-0.4, -0.2) is 146 Å². The zero-order valence-corrected chi connectivity index (χ0v) is 31.3. The Morgan fingerprint density at radius 1 is 0.827 bits per heavy atom. The number of hydrogen-bond donors (Lipinski definition) is 11. The summed E-state index contributed by atoms with van der Waals surface area (Å²) in [5, 5.41) is 55.6. The summed E-state index contributed by atoms with van der Waals surface area (Å²) in [4.78, 5) is 62.7. The van der Waals surface area contributed by atoms with Gasteiger partial charge in [0.1, 0.15) is 11.8 Å². The fourth-order valence-electron chi connectivity index (χ4n) is 5.78. The summed E-state index contributed by atoms with van der Waals surface area (Å²) in [5.41, 5.74) is 2.88. The van der Waals surface area contributed by atoms with Crippen LogP contribution < -0.4 is 37.6 Å². The SMILES string of the molecule is CNCC1CCC(C(=O)NC(CCC(=O)NC(CCC(O)O)C(=O)C(C)(C)NCCOCCOCCC(C)(O)NCC(=O)NCCN)C(=O)O)CC1. The predicted octanol–water partition coefficient (Wildman–Crippen LogP) is -2.33. The normalized spacial score (nSPS) is 18.6. The van der Waals surface area contributed by atoms with E-state index in [-0.39, 0.29) is 89.4 Å². The van der Waals surface area contributed by atoms with Crippen molar-refractivity contribution in [1.82, 2.24) is 31.9 Å². The Balaban J connectivity index is 2.49. The van der Waals surface area contributed by atoms with E-state index in [1.165, 1.54) is 6.92 Å². The van der Waals surface area contributed by atoms with Crippen LogP contribution in [0.25, 0.3) is 0 Å². The zero-order valence-electron chi connectivity index (χ0n) is 31.3. The lowest BCUT2D eigenvalue weighted by molar-refractivity contribution is -0.143. The number of carboxylic acids is 1. The third kappa shape index (κ3) is 20.4. The van der Waals surface area contributed by atoms with E-state index in [9.17, 15) is 44.4 Å². The lowest BCUT2D eigenvalue weighted by atomic mass is 9.81. The van der Waals surface area contributed by atoms with Crippen molar-refractivity contribution in [2.24, 2.45) is 17.6 Å². The topological polar surface area (TPSA) is 283 Å². The van der Waals surface area contributed by atoms with Gasteiger partial charge in [-0.1, -0.05) is 0 Å². The number of carboxylic acid groups (broad SMARTS) is 1. The maximum absolute atomic E-state index is 13.5. The van der Waals surface area contributed by atoms with E-state index in [0.717, 1.165) is 19.4 Å². The molecule has 1 aliphatic carbocycles. The highest BCUT2D eigenvalue weighted by Crippen LogP contribution is 2.28. The van der Waals surface area contributed by atoms with Gasteiger partial charge in [-0.3, -0.25) is 24.5 Å². The molecule has 3 atom stereocenters. The first-order chi connectivity index (χ1) is 24.5. The van der Waals surface area contributed by atoms with Gasteiger partial charge in [-0.2, -0.15) is 0 Å². The lowest BCUT2D eigenvalue weighted by Gasteiger charge is -2.30. The molecule has 0 aromatic carbocycles. The van der Waals surface area contributed by atoms with Crippen LogP contribution >= 0.6 is 0 Å². The van der Waals surface area contributed by atoms with Crippen molar-refractivity contribution in [3.63, 3.8) is 0 Å². The molecular weight excluding hydrogens is 682 g/mol. The summed E-state index contributed by atoms with van der Waals surface area (Å²) in [6.45, 7) is 7.46. The maximum atomic E-state index is 13.5. The molecule has 0 heterocycles. The van der Waals surface area contributed by atoms with Crippen LogP contribution in [0.2, 0.25) is 0 Å². The van der Waals surface area contributed by atoms with Gasteiger partial charge in [-0.05, 0) is 78.8 Å². The average Bonchev–Trinajstić information content (AvgIpc) is 3.09. The number of rotatable bonds is 29. The van der Waals surface area contributed by atoms with Gasteiger partial charge in [0.05, 0.1) is 44.6 Å². The van der Waals surface area contributed by atoms with Gasteiger partial charge in [-0.25, -0.2) is 4.79 Å². The minimum Gasteiger partial charge on any atom is -0.480 e. The van der Waals surface area contributed by atoms with Gasteiger partial charge in [0, 0.05) is 44.8 Å². The van der Waals surface area contributed by atoms with Crippen LogP contribution in [-0.2, 0) is 33.4 Å².